The maximum absolute atomic E-state index is 13.5. The summed E-state index contributed by atoms with van der Waals surface area (Å²) in [5.74, 6) is 0.313. The van der Waals surface area contributed by atoms with Crippen LogP contribution in [0.15, 0.2) is 35.2 Å². The van der Waals surface area contributed by atoms with Crippen LogP contribution in [0.3, 0.4) is 0 Å². The van der Waals surface area contributed by atoms with Crippen LogP contribution in [-0.2, 0) is 9.53 Å². The van der Waals surface area contributed by atoms with Gasteiger partial charge in [-0.3, -0.25) is 4.79 Å². The Bertz CT molecular complexity index is 1270. The molecule has 8 nitrogen and oxygen atoms in total. The Morgan fingerprint density at radius 2 is 1.74 bits per heavy atom. The number of ketones is 1. The lowest BCUT2D eigenvalue weighted by molar-refractivity contribution is -0.152. The van der Waals surface area contributed by atoms with Crippen LogP contribution in [-0.4, -0.2) is 67.9 Å². The molecule has 4 fully saturated rings. The van der Waals surface area contributed by atoms with Crippen molar-refractivity contribution in [1.29, 1.82) is 0 Å². The van der Waals surface area contributed by atoms with Crippen molar-refractivity contribution in [2.75, 3.05) is 6.54 Å². The van der Waals surface area contributed by atoms with Crippen LogP contribution in [0.5, 0.6) is 0 Å². The highest BCUT2D eigenvalue weighted by molar-refractivity contribution is 5.95. The quantitative estimate of drug-likeness (QED) is 0.244. The second kappa shape index (κ2) is 9.89. The highest BCUT2D eigenvalue weighted by atomic mass is 16.6. The standard InChI is InChI=1S/C35H54N2O6/c1-30(2,12-7-20-11-16-37-27(36)17-20)34(6,41)29-28(43-29)33(5,40)26-10-15-35(42)23-19-25(39)24-18-21(38)8-13-31(24,3)22(23)9-14-32(26,35)4/h11,17,19,21-22,24,26,28-29,37-38,40-42H,7-10,12-16,18,36H2,1-6H3. The average Bonchev–Trinajstić information content (AvgIpc) is 3.69. The molecule has 43 heavy (non-hydrogen) atoms. The molecule has 0 radical (unpaired) electrons. The first-order chi connectivity index (χ1) is 19.9. The number of rotatable bonds is 7. The van der Waals surface area contributed by atoms with Gasteiger partial charge in [-0.1, -0.05) is 33.8 Å². The summed E-state index contributed by atoms with van der Waals surface area (Å²) in [4.78, 5) is 13.5. The molecular formula is C35H54N2O6. The molecule has 0 aromatic heterocycles. The van der Waals surface area contributed by atoms with Gasteiger partial charge in [0.15, 0.2) is 5.78 Å². The molecule has 0 bridgehead atoms. The van der Waals surface area contributed by atoms with E-state index in [4.69, 9.17) is 10.5 Å². The number of allylic oxidation sites excluding steroid dienone is 3. The Hall–Kier alpha value is -1.71. The molecule has 6 rings (SSSR count). The average molecular weight is 599 g/mol. The molecule has 6 aliphatic rings. The van der Waals surface area contributed by atoms with Crippen molar-refractivity contribution in [2.24, 2.45) is 39.7 Å². The molecule has 240 valence electrons. The van der Waals surface area contributed by atoms with E-state index in [0.29, 0.717) is 38.0 Å². The highest BCUT2D eigenvalue weighted by Gasteiger charge is 2.72. The molecular weight excluding hydrogens is 544 g/mol. The van der Waals surface area contributed by atoms with Crippen LogP contribution < -0.4 is 11.1 Å². The summed E-state index contributed by atoms with van der Waals surface area (Å²) in [6.07, 6.45) is 10.4. The summed E-state index contributed by atoms with van der Waals surface area (Å²) < 4.78 is 6.20. The van der Waals surface area contributed by atoms with Crippen molar-refractivity contribution in [3.63, 3.8) is 0 Å². The number of hydrogen-bond acceptors (Lipinski definition) is 8. The van der Waals surface area contributed by atoms with E-state index in [2.05, 4.69) is 39.1 Å². The second-order valence-corrected chi connectivity index (χ2v) is 16.4. The van der Waals surface area contributed by atoms with Gasteiger partial charge in [0.1, 0.15) is 12.2 Å². The predicted molar refractivity (Wildman–Crippen MR) is 164 cm³/mol. The van der Waals surface area contributed by atoms with Crippen LogP contribution in [0.4, 0.5) is 0 Å². The molecule has 1 saturated heterocycles. The normalized spacial score (nSPS) is 45.3. The van der Waals surface area contributed by atoms with Gasteiger partial charge >= 0.3 is 0 Å². The third kappa shape index (κ3) is 4.52. The van der Waals surface area contributed by atoms with Crippen molar-refractivity contribution in [3.05, 3.63) is 35.2 Å². The fraction of sp³-hybridized carbons (Fsp3) is 0.800. The molecule has 11 unspecified atom stereocenters. The molecule has 2 aliphatic heterocycles. The van der Waals surface area contributed by atoms with E-state index >= 15 is 0 Å². The van der Waals surface area contributed by atoms with Crippen molar-refractivity contribution in [1.82, 2.24) is 5.32 Å². The summed E-state index contributed by atoms with van der Waals surface area (Å²) >= 11 is 0. The number of dihydropyridines is 1. The number of fused-ring (bicyclic) bond motifs is 5. The van der Waals surface area contributed by atoms with Gasteiger partial charge in [0, 0.05) is 17.9 Å². The van der Waals surface area contributed by atoms with Crippen molar-refractivity contribution >= 4 is 5.78 Å². The first kappa shape index (κ1) is 31.3. The van der Waals surface area contributed by atoms with Crippen LogP contribution in [0.25, 0.3) is 0 Å². The number of carbonyl (C=O) groups is 1. The lowest BCUT2D eigenvalue weighted by Crippen LogP contribution is -2.61. The number of ether oxygens (including phenoxy) is 1. The van der Waals surface area contributed by atoms with Gasteiger partial charge in [-0.2, -0.15) is 0 Å². The van der Waals surface area contributed by atoms with Crippen LogP contribution in [0.2, 0.25) is 0 Å². The van der Waals surface area contributed by atoms with Gasteiger partial charge in [0.25, 0.3) is 0 Å². The zero-order chi connectivity index (χ0) is 31.4. The molecule has 0 spiro atoms. The van der Waals surface area contributed by atoms with Gasteiger partial charge in [0.2, 0.25) is 0 Å². The first-order valence-electron chi connectivity index (χ1n) is 16.6. The van der Waals surface area contributed by atoms with Crippen LogP contribution in [0, 0.1) is 34.0 Å². The van der Waals surface area contributed by atoms with Gasteiger partial charge in [-0.25, -0.2) is 0 Å². The minimum absolute atomic E-state index is 0.0303. The third-order valence-electron chi connectivity index (χ3n) is 13.8. The zero-order valence-electron chi connectivity index (χ0n) is 26.9. The molecule has 3 saturated carbocycles. The first-order valence-corrected chi connectivity index (χ1v) is 16.6. The molecule has 0 aromatic carbocycles. The third-order valence-corrected chi connectivity index (χ3v) is 13.8. The largest absolute Gasteiger partial charge is 0.393 e. The number of hydrogen-bond donors (Lipinski definition) is 6. The monoisotopic (exact) mass is 598 g/mol. The molecule has 2 heterocycles. The topological polar surface area (TPSA) is 149 Å². The summed E-state index contributed by atoms with van der Waals surface area (Å²) in [5, 5.41) is 50.1. The Morgan fingerprint density at radius 3 is 2.44 bits per heavy atom. The van der Waals surface area contributed by atoms with E-state index < -0.39 is 45.9 Å². The van der Waals surface area contributed by atoms with Gasteiger partial charge < -0.3 is 36.2 Å². The Labute approximate surface area is 256 Å². The maximum Gasteiger partial charge on any atom is 0.159 e. The number of carbonyl (C=O) groups excluding carboxylic acids is 1. The predicted octanol–water partition coefficient (Wildman–Crippen LogP) is 3.63. The van der Waals surface area contributed by atoms with Gasteiger partial charge in [-0.15, -0.1) is 0 Å². The van der Waals surface area contributed by atoms with E-state index in [-0.39, 0.29) is 29.0 Å². The van der Waals surface area contributed by atoms with Crippen molar-refractivity contribution in [2.45, 2.75) is 134 Å². The smallest absolute Gasteiger partial charge is 0.159 e. The molecule has 0 aromatic rings. The minimum atomic E-state index is -1.27. The molecule has 4 aliphatic carbocycles. The number of aliphatic hydroxyl groups excluding tert-OH is 1. The highest BCUT2D eigenvalue weighted by Crippen LogP contribution is 2.69. The van der Waals surface area contributed by atoms with E-state index in [1.165, 1.54) is 0 Å². The van der Waals surface area contributed by atoms with E-state index in [1.54, 1.807) is 6.08 Å². The van der Waals surface area contributed by atoms with E-state index in [0.717, 1.165) is 43.3 Å². The van der Waals surface area contributed by atoms with Crippen LogP contribution >= 0.6 is 0 Å². The Kier molecular flexibility index (Phi) is 7.20. The lowest BCUT2D eigenvalue weighted by Gasteiger charge is -2.60. The summed E-state index contributed by atoms with van der Waals surface area (Å²) in [5.41, 5.74) is 2.90. The van der Waals surface area contributed by atoms with E-state index in [1.807, 2.05) is 19.9 Å². The molecule has 8 heteroatoms. The molecule has 7 N–H and O–H groups in total. The number of nitrogens with one attached hydrogen (secondary N) is 1. The number of nitrogens with two attached hydrogens (primary N) is 1. The summed E-state index contributed by atoms with van der Waals surface area (Å²) in [7, 11) is 0. The zero-order valence-corrected chi connectivity index (χ0v) is 26.9. The van der Waals surface area contributed by atoms with Crippen LogP contribution in [0.1, 0.15) is 99.3 Å². The second-order valence-electron chi connectivity index (χ2n) is 16.4. The number of epoxide rings is 1. The van der Waals surface area contributed by atoms with Crippen molar-refractivity contribution in [3.8, 4) is 0 Å². The van der Waals surface area contributed by atoms with E-state index in [9.17, 15) is 25.2 Å². The Morgan fingerprint density at radius 1 is 1.02 bits per heavy atom. The molecule has 11 atom stereocenters. The minimum Gasteiger partial charge on any atom is -0.393 e. The molecule has 0 amide bonds. The Balaban J connectivity index is 1.21. The van der Waals surface area contributed by atoms with Gasteiger partial charge in [-0.05, 0) is 118 Å². The SMILES string of the molecule is CC(O)(C1OC1C(C)(O)C(C)(C)CCC1=CCNC(N)=C1)C1CCC2(O)C3=CC(=O)C4CC(O)CCC4(C)C3CCC12C. The lowest BCUT2D eigenvalue weighted by atomic mass is 9.46. The van der Waals surface area contributed by atoms with Gasteiger partial charge in [0.05, 0.1) is 28.7 Å². The maximum atomic E-state index is 13.5. The fourth-order valence-electron chi connectivity index (χ4n) is 10.3. The fourth-order valence-corrected chi connectivity index (χ4v) is 10.3. The van der Waals surface area contributed by atoms with Crippen molar-refractivity contribution < 1.29 is 30.0 Å². The summed E-state index contributed by atoms with van der Waals surface area (Å²) in [6, 6.07) is 0. The summed E-state index contributed by atoms with van der Waals surface area (Å²) in [6.45, 7) is 12.7. The number of aliphatic hydroxyl groups is 4.